The van der Waals surface area contributed by atoms with Gasteiger partial charge in [0.15, 0.2) is 11.5 Å². The maximum Gasteiger partial charge on any atom is 0.272 e. The summed E-state index contributed by atoms with van der Waals surface area (Å²) in [7, 11) is 0. The van der Waals surface area contributed by atoms with Gasteiger partial charge in [-0.15, -0.1) is 0 Å². The SMILES string of the molecule is Cc1ccc(-c2cc(C(=O)N3CCC4(CC3)OCCO4)n(-c3ccc(F)cc3)n2)o1. The van der Waals surface area contributed by atoms with Crippen molar-refractivity contribution in [2.75, 3.05) is 26.3 Å². The molecule has 2 saturated heterocycles. The first-order valence-electron chi connectivity index (χ1n) is 10.0. The molecule has 156 valence electrons. The van der Waals surface area contributed by atoms with Crippen molar-refractivity contribution in [1.82, 2.24) is 14.7 Å². The fourth-order valence-electron chi connectivity index (χ4n) is 4.00. The van der Waals surface area contributed by atoms with Crippen LogP contribution in [0.4, 0.5) is 4.39 Å². The molecule has 2 fully saturated rings. The fourth-order valence-corrected chi connectivity index (χ4v) is 4.00. The molecule has 5 rings (SSSR count). The van der Waals surface area contributed by atoms with Crippen molar-refractivity contribution in [3.05, 3.63) is 59.7 Å². The minimum absolute atomic E-state index is 0.144. The number of ether oxygens (including phenoxy) is 2. The highest BCUT2D eigenvalue weighted by Crippen LogP contribution is 2.32. The summed E-state index contributed by atoms with van der Waals surface area (Å²) in [6.07, 6.45) is 1.27. The molecule has 0 N–H and O–H groups in total. The van der Waals surface area contributed by atoms with E-state index in [1.807, 2.05) is 19.1 Å². The van der Waals surface area contributed by atoms with Crippen LogP contribution >= 0.6 is 0 Å². The Bertz CT molecular complexity index is 1060. The molecule has 2 aliphatic heterocycles. The fraction of sp³-hybridized carbons (Fsp3) is 0.364. The van der Waals surface area contributed by atoms with Gasteiger partial charge in [0.25, 0.3) is 5.91 Å². The molecule has 3 aromatic rings. The van der Waals surface area contributed by atoms with Crippen LogP contribution in [0, 0.1) is 12.7 Å². The molecule has 0 aliphatic carbocycles. The molecule has 0 unspecified atom stereocenters. The van der Waals surface area contributed by atoms with Crippen molar-refractivity contribution >= 4 is 5.91 Å². The van der Waals surface area contributed by atoms with E-state index in [0.717, 1.165) is 5.76 Å². The molecular formula is C22H22FN3O4. The lowest BCUT2D eigenvalue weighted by molar-refractivity contribution is -0.181. The Morgan fingerprint density at radius 1 is 1.07 bits per heavy atom. The van der Waals surface area contributed by atoms with Crippen molar-refractivity contribution in [3.63, 3.8) is 0 Å². The first-order chi connectivity index (χ1) is 14.5. The van der Waals surface area contributed by atoms with E-state index in [4.69, 9.17) is 13.9 Å². The molecule has 1 spiro atoms. The maximum absolute atomic E-state index is 13.4. The van der Waals surface area contributed by atoms with Gasteiger partial charge in [0.2, 0.25) is 0 Å². The number of likely N-dealkylation sites (tertiary alicyclic amines) is 1. The van der Waals surface area contributed by atoms with Crippen LogP contribution in [0.25, 0.3) is 17.1 Å². The van der Waals surface area contributed by atoms with Crippen LogP contribution in [0.5, 0.6) is 0 Å². The number of rotatable bonds is 3. The van der Waals surface area contributed by atoms with Crippen LogP contribution < -0.4 is 0 Å². The van der Waals surface area contributed by atoms with Gasteiger partial charge in [0, 0.05) is 32.0 Å². The van der Waals surface area contributed by atoms with E-state index >= 15 is 0 Å². The molecule has 4 heterocycles. The highest BCUT2D eigenvalue weighted by atomic mass is 19.1. The summed E-state index contributed by atoms with van der Waals surface area (Å²) in [4.78, 5) is 15.2. The number of furan rings is 1. The van der Waals surface area contributed by atoms with Crippen molar-refractivity contribution in [2.45, 2.75) is 25.6 Å². The van der Waals surface area contributed by atoms with E-state index in [1.54, 1.807) is 27.8 Å². The number of carbonyl (C=O) groups is 1. The van der Waals surface area contributed by atoms with Crippen molar-refractivity contribution in [2.24, 2.45) is 0 Å². The number of amides is 1. The van der Waals surface area contributed by atoms with Crippen molar-refractivity contribution in [3.8, 4) is 17.1 Å². The summed E-state index contributed by atoms with van der Waals surface area (Å²) >= 11 is 0. The number of hydrogen-bond acceptors (Lipinski definition) is 5. The van der Waals surface area contributed by atoms with Gasteiger partial charge in [0.1, 0.15) is 23.0 Å². The van der Waals surface area contributed by atoms with E-state index in [2.05, 4.69) is 5.10 Å². The predicted molar refractivity (Wildman–Crippen MR) is 106 cm³/mol. The maximum atomic E-state index is 13.4. The normalized spacial score (nSPS) is 18.3. The highest BCUT2D eigenvalue weighted by Gasteiger charge is 2.41. The van der Waals surface area contributed by atoms with Gasteiger partial charge in [-0.25, -0.2) is 9.07 Å². The number of aromatic nitrogens is 2. The lowest BCUT2D eigenvalue weighted by Gasteiger charge is -2.37. The second-order valence-corrected chi connectivity index (χ2v) is 7.61. The Hall–Kier alpha value is -2.97. The van der Waals surface area contributed by atoms with E-state index in [9.17, 15) is 9.18 Å². The summed E-state index contributed by atoms with van der Waals surface area (Å²) < 4.78 is 32.2. The van der Waals surface area contributed by atoms with Crippen molar-refractivity contribution < 1.29 is 23.1 Å². The van der Waals surface area contributed by atoms with Crippen molar-refractivity contribution in [1.29, 1.82) is 0 Å². The summed E-state index contributed by atoms with van der Waals surface area (Å²) in [5.74, 6) is 0.290. The predicted octanol–water partition coefficient (Wildman–Crippen LogP) is 3.56. The third kappa shape index (κ3) is 3.42. The Morgan fingerprint density at radius 2 is 1.77 bits per heavy atom. The monoisotopic (exact) mass is 411 g/mol. The van der Waals surface area contributed by atoms with Crippen LogP contribution in [0.15, 0.2) is 46.9 Å². The van der Waals surface area contributed by atoms with Crippen LogP contribution in [-0.4, -0.2) is 52.7 Å². The smallest absolute Gasteiger partial charge is 0.272 e. The standard InChI is InChI=1S/C22H22FN3O4/c1-15-2-7-20(30-15)18-14-19(26(24-18)17-5-3-16(23)4-6-17)21(27)25-10-8-22(9-11-25)28-12-13-29-22/h2-7,14H,8-13H2,1H3. The van der Waals surface area contributed by atoms with Gasteiger partial charge in [-0.2, -0.15) is 5.10 Å². The number of carbonyl (C=O) groups excluding carboxylic acids is 1. The molecule has 0 atom stereocenters. The average Bonchev–Trinajstić information content (AvgIpc) is 3.49. The largest absolute Gasteiger partial charge is 0.460 e. The zero-order valence-electron chi connectivity index (χ0n) is 16.6. The van der Waals surface area contributed by atoms with Crippen LogP contribution in [0.3, 0.4) is 0 Å². The van der Waals surface area contributed by atoms with Gasteiger partial charge < -0.3 is 18.8 Å². The lowest BCUT2D eigenvalue weighted by Crippen LogP contribution is -2.47. The summed E-state index contributed by atoms with van der Waals surface area (Å²) in [5.41, 5.74) is 1.55. The molecule has 7 nitrogen and oxygen atoms in total. The number of nitrogens with zero attached hydrogens (tertiary/aromatic N) is 3. The molecule has 2 aliphatic rings. The first-order valence-corrected chi connectivity index (χ1v) is 10.0. The van der Waals surface area contributed by atoms with E-state index in [0.29, 0.717) is 62.0 Å². The lowest BCUT2D eigenvalue weighted by atomic mass is 10.0. The minimum atomic E-state index is -0.551. The highest BCUT2D eigenvalue weighted by molar-refractivity contribution is 5.94. The topological polar surface area (TPSA) is 69.7 Å². The van der Waals surface area contributed by atoms with Gasteiger partial charge in [0.05, 0.1) is 18.9 Å². The third-order valence-electron chi connectivity index (χ3n) is 5.62. The van der Waals surface area contributed by atoms with E-state index in [1.165, 1.54) is 12.1 Å². The molecule has 0 radical (unpaired) electrons. The quantitative estimate of drug-likeness (QED) is 0.659. The summed E-state index contributed by atoms with van der Waals surface area (Å²) in [6, 6.07) is 11.3. The van der Waals surface area contributed by atoms with Gasteiger partial charge in [-0.3, -0.25) is 4.79 Å². The van der Waals surface area contributed by atoms with Crippen LogP contribution in [0.1, 0.15) is 29.1 Å². The van der Waals surface area contributed by atoms with Gasteiger partial charge in [-0.05, 0) is 43.3 Å². The summed E-state index contributed by atoms with van der Waals surface area (Å²) in [5, 5.41) is 4.58. The molecular weight excluding hydrogens is 389 g/mol. The van der Waals surface area contributed by atoms with E-state index < -0.39 is 5.79 Å². The number of halogens is 1. The molecule has 1 aromatic carbocycles. The number of hydrogen-bond donors (Lipinski definition) is 0. The average molecular weight is 411 g/mol. The second kappa shape index (κ2) is 7.37. The zero-order chi connectivity index (χ0) is 20.7. The molecule has 2 aromatic heterocycles. The zero-order valence-corrected chi connectivity index (χ0v) is 16.6. The molecule has 0 saturated carbocycles. The number of benzene rings is 1. The Morgan fingerprint density at radius 3 is 2.40 bits per heavy atom. The molecule has 30 heavy (non-hydrogen) atoms. The van der Waals surface area contributed by atoms with Gasteiger partial charge in [-0.1, -0.05) is 0 Å². The number of piperidine rings is 1. The Labute approximate surface area is 173 Å². The number of aryl methyl sites for hydroxylation is 1. The molecule has 8 heteroatoms. The Balaban J connectivity index is 1.47. The summed E-state index contributed by atoms with van der Waals surface area (Å²) in [6.45, 7) is 4.10. The van der Waals surface area contributed by atoms with Crippen LogP contribution in [-0.2, 0) is 9.47 Å². The molecule has 1 amide bonds. The minimum Gasteiger partial charge on any atom is -0.460 e. The van der Waals surface area contributed by atoms with Gasteiger partial charge >= 0.3 is 0 Å². The van der Waals surface area contributed by atoms with Crippen LogP contribution in [0.2, 0.25) is 0 Å². The first kappa shape index (κ1) is 19.0. The third-order valence-corrected chi connectivity index (χ3v) is 5.62. The Kier molecular flexibility index (Phi) is 4.67. The van der Waals surface area contributed by atoms with E-state index in [-0.39, 0.29) is 11.7 Å². The molecule has 0 bridgehead atoms. The second-order valence-electron chi connectivity index (χ2n) is 7.61.